The third-order valence-corrected chi connectivity index (χ3v) is 4.66. The molecule has 2 aromatic rings. The van der Waals surface area contributed by atoms with Gasteiger partial charge >= 0.3 is 0 Å². The molecule has 0 radical (unpaired) electrons. The molecule has 20 heavy (non-hydrogen) atoms. The number of nitrogens with two attached hydrogens (primary N) is 1. The number of pyridine rings is 1. The number of amidine groups is 1. The molecule has 3 rings (SSSR count). The van der Waals surface area contributed by atoms with Gasteiger partial charge in [-0.25, -0.2) is 4.98 Å². The van der Waals surface area contributed by atoms with Crippen LogP contribution in [0.3, 0.4) is 0 Å². The fourth-order valence-electron chi connectivity index (χ4n) is 2.81. The van der Waals surface area contributed by atoms with Crippen molar-refractivity contribution in [2.75, 3.05) is 18.0 Å². The smallest absolute Gasteiger partial charge is 0.136 e. The summed E-state index contributed by atoms with van der Waals surface area (Å²) in [5.74, 6) is 1.58. The maximum Gasteiger partial charge on any atom is 0.136 e. The zero-order valence-electron chi connectivity index (χ0n) is 11.1. The van der Waals surface area contributed by atoms with Crippen LogP contribution in [-0.4, -0.2) is 23.9 Å². The van der Waals surface area contributed by atoms with Gasteiger partial charge < -0.3 is 10.6 Å². The molecule has 2 heterocycles. The number of anilines is 1. The predicted molar refractivity (Wildman–Crippen MR) is 86.3 cm³/mol. The van der Waals surface area contributed by atoms with Crippen molar-refractivity contribution in [3.8, 4) is 0 Å². The molecule has 104 valence electrons. The Morgan fingerprint density at radius 1 is 1.25 bits per heavy atom. The molecule has 3 N–H and O–H groups in total. The van der Waals surface area contributed by atoms with Crippen molar-refractivity contribution in [3.63, 3.8) is 0 Å². The predicted octanol–water partition coefficient (Wildman–Crippen LogP) is 3.15. The lowest BCUT2D eigenvalue weighted by molar-refractivity contribution is 0.496. The van der Waals surface area contributed by atoms with E-state index in [1.807, 2.05) is 24.4 Å². The van der Waals surface area contributed by atoms with E-state index in [0.717, 1.165) is 36.2 Å². The molecule has 5 heteroatoms. The molecule has 0 spiro atoms. The number of nitrogens with one attached hydrogen (secondary N) is 1. The van der Waals surface area contributed by atoms with Crippen LogP contribution in [0.1, 0.15) is 12.8 Å². The first kappa shape index (κ1) is 13.4. The van der Waals surface area contributed by atoms with E-state index in [9.17, 15) is 0 Å². The maximum absolute atomic E-state index is 7.56. The first-order valence-electron chi connectivity index (χ1n) is 6.79. The molecular formula is C15H17BrN4. The highest BCUT2D eigenvalue weighted by Gasteiger charge is 2.23. The minimum atomic E-state index is 0.230. The van der Waals surface area contributed by atoms with E-state index in [-0.39, 0.29) is 5.92 Å². The van der Waals surface area contributed by atoms with Crippen molar-refractivity contribution in [3.05, 3.63) is 34.9 Å². The van der Waals surface area contributed by atoms with Gasteiger partial charge in [0.15, 0.2) is 0 Å². The van der Waals surface area contributed by atoms with Gasteiger partial charge in [0.25, 0.3) is 0 Å². The summed E-state index contributed by atoms with van der Waals surface area (Å²) in [7, 11) is 0. The molecule has 0 amide bonds. The number of hydrogen-bond acceptors (Lipinski definition) is 3. The molecule has 1 aromatic heterocycles. The summed E-state index contributed by atoms with van der Waals surface area (Å²) in [6, 6.07) is 8.23. The van der Waals surface area contributed by atoms with Crippen molar-refractivity contribution in [1.29, 1.82) is 5.41 Å². The van der Waals surface area contributed by atoms with Crippen molar-refractivity contribution in [2.24, 2.45) is 11.7 Å². The van der Waals surface area contributed by atoms with Gasteiger partial charge in [-0.05, 0) is 25.0 Å². The van der Waals surface area contributed by atoms with E-state index in [1.54, 1.807) is 0 Å². The Labute approximate surface area is 126 Å². The van der Waals surface area contributed by atoms with Gasteiger partial charge in [-0.1, -0.05) is 28.1 Å². The molecule has 1 saturated heterocycles. The van der Waals surface area contributed by atoms with Gasteiger partial charge in [0.2, 0.25) is 0 Å². The zero-order chi connectivity index (χ0) is 14.1. The van der Waals surface area contributed by atoms with Crippen molar-refractivity contribution in [1.82, 2.24) is 4.98 Å². The highest BCUT2D eigenvalue weighted by atomic mass is 79.9. The summed E-state index contributed by atoms with van der Waals surface area (Å²) in [6.07, 6.45) is 3.72. The standard InChI is InChI=1S/C15H17BrN4/c16-13-3-1-2-12-11(13)4-7-19-15(12)20-8-5-10(6-9-20)14(17)18/h1-4,7,10H,5-6,8-9H2,(H3,17,18). The maximum atomic E-state index is 7.56. The summed E-state index contributed by atoms with van der Waals surface area (Å²) >= 11 is 3.59. The average molecular weight is 333 g/mol. The lowest BCUT2D eigenvalue weighted by Crippen LogP contribution is -2.38. The molecule has 0 atom stereocenters. The fraction of sp³-hybridized carbons (Fsp3) is 0.333. The van der Waals surface area contributed by atoms with Gasteiger partial charge in [0.1, 0.15) is 5.82 Å². The SMILES string of the molecule is N=C(N)C1CCN(c2nccc3c(Br)cccc23)CC1. The average Bonchev–Trinajstić information content (AvgIpc) is 2.47. The number of hydrogen-bond donors (Lipinski definition) is 2. The fourth-order valence-corrected chi connectivity index (χ4v) is 3.31. The van der Waals surface area contributed by atoms with E-state index in [1.165, 1.54) is 10.8 Å². The summed E-state index contributed by atoms with van der Waals surface area (Å²) < 4.78 is 1.09. The molecule has 1 aliphatic rings. The van der Waals surface area contributed by atoms with Gasteiger partial charge in [0.05, 0.1) is 5.84 Å². The number of rotatable bonds is 2. The number of fused-ring (bicyclic) bond motifs is 1. The Morgan fingerprint density at radius 2 is 2.00 bits per heavy atom. The van der Waals surface area contributed by atoms with Crippen molar-refractivity contribution >= 4 is 38.4 Å². The van der Waals surface area contributed by atoms with Crippen LogP contribution in [0.2, 0.25) is 0 Å². The Balaban J connectivity index is 1.92. The second kappa shape index (κ2) is 5.40. The summed E-state index contributed by atoms with van der Waals surface area (Å²) in [5, 5.41) is 9.91. The second-order valence-corrected chi connectivity index (χ2v) is 6.04. The van der Waals surface area contributed by atoms with Crippen LogP contribution in [-0.2, 0) is 0 Å². The first-order chi connectivity index (χ1) is 9.66. The Bertz CT molecular complexity index is 647. The molecule has 1 aliphatic heterocycles. The number of halogens is 1. The lowest BCUT2D eigenvalue weighted by atomic mass is 9.95. The molecule has 1 fully saturated rings. The van der Waals surface area contributed by atoms with Crippen molar-refractivity contribution in [2.45, 2.75) is 12.8 Å². The Morgan fingerprint density at radius 3 is 2.70 bits per heavy atom. The summed E-state index contributed by atoms with van der Waals surface area (Å²) in [6.45, 7) is 1.81. The Hall–Kier alpha value is -1.62. The van der Waals surface area contributed by atoms with E-state index in [0.29, 0.717) is 5.84 Å². The van der Waals surface area contributed by atoms with Crippen LogP contribution in [0, 0.1) is 11.3 Å². The van der Waals surface area contributed by atoms with Crippen LogP contribution in [0.5, 0.6) is 0 Å². The second-order valence-electron chi connectivity index (χ2n) is 5.19. The normalized spacial score (nSPS) is 16.6. The van der Waals surface area contributed by atoms with E-state index >= 15 is 0 Å². The van der Waals surface area contributed by atoms with Crippen LogP contribution < -0.4 is 10.6 Å². The van der Waals surface area contributed by atoms with E-state index in [2.05, 4.69) is 31.9 Å². The molecule has 0 bridgehead atoms. The molecular weight excluding hydrogens is 316 g/mol. The third kappa shape index (κ3) is 2.38. The molecule has 0 saturated carbocycles. The molecule has 0 aliphatic carbocycles. The molecule has 4 nitrogen and oxygen atoms in total. The highest BCUT2D eigenvalue weighted by molar-refractivity contribution is 9.10. The highest BCUT2D eigenvalue weighted by Crippen LogP contribution is 2.31. The number of benzene rings is 1. The molecule has 0 unspecified atom stereocenters. The van der Waals surface area contributed by atoms with E-state index < -0.39 is 0 Å². The first-order valence-corrected chi connectivity index (χ1v) is 7.58. The number of nitrogens with zero attached hydrogens (tertiary/aromatic N) is 2. The zero-order valence-corrected chi connectivity index (χ0v) is 12.7. The quantitative estimate of drug-likeness (QED) is 0.655. The van der Waals surface area contributed by atoms with Crippen LogP contribution in [0.4, 0.5) is 5.82 Å². The van der Waals surface area contributed by atoms with Gasteiger partial charge in [-0.2, -0.15) is 0 Å². The monoisotopic (exact) mass is 332 g/mol. The summed E-state index contributed by atoms with van der Waals surface area (Å²) in [5.41, 5.74) is 5.60. The largest absolute Gasteiger partial charge is 0.387 e. The topological polar surface area (TPSA) is 66.0 Å². The van der Waals surface area contributed by atoms with Crippen LogP contribution in [0.25, 0.3) is 10.8 Å². The van der Waals surface area contributed by atoms with E-state index in [4.69, 9.17) is 11.1 Å². The van der Waals surface area contributed by atoms with Crippen molar-refractivity contribution < 1.29 is 0 Å². The third-order valence-electron chi connectivity index (χ3n) is 3.97. The van der Waals surface area contributed by atoms with Crippen LogP contribution in [0.15, 0.2) is 34.9 Å². The van der Waals surface area contributed by atoms with Crippen LogP contribution >= 0.6 is 15.9 Å². The van der Waals surface area contributed by atoms with Gasteiger partial charge in [0, 0.05) is 40.4 Å². The minimum absolute atomic E-state index is 0.230. The molecule has 1 aromatic carbocycles. The number of aromatic nitrogens is 1. The number of piperidine rings is 1. The van der Waals surface area contributed by atoms with Gasteiger partial charge in [-0.3, -0.25) is 5.41 Å². The summed E-state index contributed by atoms with van der Waals surface area (Å²) in [4.78, 5) is 6.86. The Kier molecular flexibility index (Phi) is 3.61. The van der Waals surface area contributed by atoms with Gasteiger partial charge in [-0.15, -0.1) is 0 Å². The minimum Gasteiger partial charge on any atom is -0.387 e. The lowest BCUT2D eigenvalue weighted by Gasteiger charge is -2.32.